The van der Waals surface area contributed by atoms with Crippen LogP contribution in [0.1, 0.15) is 12.5 Å². The molecule has 19 heavy (non-hydrogen) atoms. The lowest BCUT2D eigenvalue weighted by Crippen LogP contribution is -2.39. The number of nitrogens with zero attached hydrogens (tertiary/aromatic N) is 1. The van der Waals surface area contributed by atoms with Gasteiger partial charge in [0.15, 0.2) is 0 Å². The molecule has 0 heterocycles. The highest BCUT2D eigenvalue weighted by Crippen LogP contribution is 2.26. The molecule has 1 rings (SSSR count). The molecule has 0 amide bonds. The maximum atomic E-state index is 13.3. The number of hydrogen-bond donors (Lipinski definition) is 1. The Balaban J connectivity index is 0.00000324. The molecule has 0 aliphatic rings. The Morgan fingerprint density at radius 1 is 1.47 bits per heavy atom. The largest absolute Gasteiger partial charge is 0.329 e. The first-order valence-corrected chi connectivity index (χ1v) is 7.59. The number of benzene rings is 1. The van der Waals surface area contributed by atoms with E-state index >= 15 is 0 Å². The quantitative estimate of drug-likeness (QED) is 0.878. The van der Waals surface area contributed by atoms with Crippen LogP contribution in [0.2, 0.25) is 0 Å². The standard InChI is InChI=1S/C11H16BrFN2O2S.ClH/c1-7-4-10(13)9(12)5-11(7)18(16,17)15(3)8(2)6-14;/h4-5,8H,6,14H2,1-3H3;1H. The van der Waals surface area contributed by atoms with Gasteiger partial charge in [-0.05, 0) is 47.5 Å². The molecule has 0 aliphatic carbocycles. The van der Waals surface area contributed by atoms with Crippen molar-refractivity contribution < 1.29 is 12.8 Å². The number of nitrogens with two attached hydrogens (primary N) is 1. The van der Waals surface area contributed by atoms with Gasteiger partial charge in [-0.3, -0.25) is 0 Å². The van der Waals surface area contributed by atoms with Gasteiger partial charge < -0.3 is 5.73 Å². The minimum Gasteiger partial charge on any atom is -0.329 e. The van der Waals surface area contributed by atoms with E-state index < -0.39 is 15.8 Å². The summed E-state index contributed by atoms with van der Waals surface area (Å²) in [4.78, 5) is 0.0820. The molecule has 0 radical (unpaired) electrons. The van der Waals surface area contributed by atoms with E-state index in [4.69, 9.17) is 5.73 Å². The Morgan fingerprint density at radius 3 is 2.47 bits per heavy atom. The highest BCUT2D eigenvalue weighted by Gasteiger charge is 2.27. The van der Waals surface area contributed by atoms with Crippen LogP contribution in [-0.2, 0) is 10.0 Å². The first-order valence-electron chi connectivity index (χ1n) is 5.35. The molecule has 1 atom stereocenters. The van der Waals surface area contributed by atoms with E-state index in [0.717, 1.165) is 0 Å². The summed E-state index contributed by atoms with van der Waals surface area (Å²) in [7, 11) is -2.20. The van der Waals surface area contributed by atoms with Crippen molar-refractivity contribution in [3.8, 4) is 0 Å². The van der Waals surface area contributed by atoms with Crippen LogP contribution < -0.4 is 5.73 Å². The van der Waals surface area contributed by atoms with E-state index in [1.807, 2.05) is 0 Å². The predicted molar refractivity (Wildman–Crippen MR) is 79.6 cm³/mol. The molecule has 1 aromatic rings. The second-order valence-corrected chi connectivity index (χ2v) is 6.96. The molecule has 2 N–H and O–H groups in total. The fourth-order valence-corrected chi connectivity index (χ4v) is 3.54. The highest BCUT2D eigenvalue weighted by atomic mass is 79.9. The number of likely N-dealkylation sites (N-methyl/N-ethyl adjacent to an activating group) is 1. The second-order valence-electron chi connectivity index (χ2n) is 4.14. The number of sulfonamides is 1. The maximum absolute atomic E-state index is 13.3. The van der Waals surface area contributed by atoms with Gasteiger partial charge in [-0.2, -0.15) is 4.31 Å². The minimum atomic E-state index is -3.66. The van der Waals surface area contributed by atoms with Crippen molar-refractivity contribution >= 4 is 38.4 Å². The lowest BCUT2D eigenvalue weighted by molar-refractivity contribution is 0.394. The molecule has 1 aromatic carbocycles. The molecule has 0 saturated heterocycles. The van der Waals surface area contributed by atoms with E-state index in [2.05, 4.69) is 15.9 Å². The summed E-state index contributed by atoms with van der Waals surface area (Å²) in [5.41, 5.74) is 5.83. The molecule has 0 bridgehead atoms. The van der Waals surface area contributed by atoms with Gasteiger partial charge in [-0.1, -0.05) is 0 Å². The highest BCUT2D eigenvalue weighted by molar-refractivity contribution is 9.10. The lowest BCUT2D eigenvalue weighted by atomic mass is 10.2. The third kappa shape index (κ3) is 3.88. The van der Waals surface area contributed by atoms with Crippen LogP contribution in [0.4, 0.5) is 4.39 Å². The van der Waals surface area contributed by atoms with Crippen LogP contribution in [0.3, 0.4) is 0 Å². The SMILES string of the molecule is Cc1cc(F)c(Br)cc1S(=O)(=O)N(C)C(C)CN.Cl. The fraction of sp³-hybridized carbons (Fsp3) is 0.455. The van der Waals surface area contributed by atoms with Gasteiger partial charge in [-0.15, -0.1) is 12.4 Å². The van der Waals surface area contributed by atoms with Gasteiger partial charge in [0.05, 0.1) is 9.37 Å². The average molecular weight is 376 g/mol. The third-order valence-corrected chi connectivity index (χ3v) is 5.56. The van der Waals surface area contributed by atoms with Gasteiger partial charge >= 0.3 is 0 Å². The van der Waals surface area contributed by atoms with Crippen LogP contribution in [0.15, 0.2) is 21.5 Å². The van der Waals surface area contributed by atoms with Crippen LogP contribution >= 0.6 is 28.3 Å². The summed E-state index contributed by atoms with van der Waals surface area (Å²) in [6.07, 6.45) is 0. The second kappa shape index (κ2) is 6.99. The zero-order valence-corrected chi connectivity index (χ0v) is 14.1. The van der Waals surface area contributed by atoms with Crippen molar-refractivity contribution in [1.29, 1.82) is 0 Å². The van der Waals surface area contributed by atoms with Crippen molar-refractivity contribution in [2.75, 3.05) is 13.6 Å². The first-order chi connectivity index (χ1) is 8.21. The van der Waals surface area contributed by atoms with Crippen molar-refractivity contribution in [3.05, 3.63) is 28.0 Å². The van der Waals surface area contributed by atoms with Gasteiger partial charge in [0.25, 0.3) is 0 Å². The molecule has 0 aromatic heterocycles. The Morgan fingerprint density at radius 2 is 2.00 bits per heavy atom. The number of rotatable bonds is 4. The molecule has 0 saturated carbocycles. The van der Waals surface area contributed by atoms with Crippen LogP contribution in [0.25, 0.3) is 0 Å². The molecule has 8 heteroatoms. The smallest absolute Gasteiger partial charge is 0.243 e. The summed E-state index contributed by atoms with van der Waals surface area (Å²) >= 11 is 2.99. The van der Waals surface area contributed by atoms with Crippen molar-refractivity contribution in [3.63, 3.8) is 0 Å². The summed E-state index contributed by atoms with van der Waals surface area (Å²) in [5, 5.41) is 0. The van der Waals surface area contributed by atoms with Crippen LogP contribution in [-0.4, -0.2) is 32.4 Å². The zero-order chi connectivity index (χ0) is 14.1. The van der Waals surface area contributed by atoms with E-state index in [1.54, 1.807) is 13.8 Å². The summed E-state index contributed by atoms with van der Waals surface area (Å²) in [5.74, 6) is -0.485. The first kappa shape index (κ1) is 18.8. The number of aryl methyl sites for hydroxylation is 1. The molecule has 1 unspecified atom stereocenters. The Bertz CT molecular complexity index is 554. The normalized spacial score (nSPS) is 13.2. The summed E-state index contributed by atoms with van der Waals surface area (Å²) in [6, 6.07) is 2.15. The molecule has 0 aliphatic heterocycles. The lowest BCUT2D eigenvalue weighted by Gasteiger charge is -2.24. The molecular formula is C11H17BrClFN2O2S. The molecule has 0 fully saturated rings. The molecular weight excluding hydrogens is 359 g/mol. The predicted octanol–water partition coefficient (Wildman–Crippen LogP) is 2.29. The van der Waals surface area contributed by atoms with E-state index in [1.165, 1.54) is 23.5 Å². The van der Waals surface area contributed by atoms with Crippen molar-refractivity contribution in [1.82, 2.24) is 4.31 Å². The Kier molecular flexibility index (Phi) is 6.91. The van der Waals surface area contributed by atoms with E-state index in [-0.39, 0.29) is 34.4 Å². The van der Waals surface area contributed by atoms with Crippen molar-refractivity contribution in [2.24, 2.45) is 5.73 Å². The van der Waals surface area contributed by atoms with Crippen LogP contribution in [0, 0.1) is 12.7 Å². The zero-order valence-electron chi connectivity index (χ0n) is 10.9. The fourth-order valence-electron chi connectivity index (χ4n) is 1.45. The monoisotopic (exact) mass is 374 g/mol. The van der Waals surface area contributed by atoms with E-state index in [0.29, 0.717) is 5.56 Å². The maximum Gasteiger partial charge on any atom is 0.243 e. The van der Waals surface area contributed by atoms with Gasteiger partial charge in [0.2, 0.25) is 10.0 Å². The van der Waals surface area contributed by atoms with E-state index in [9.17, 15) is 12.8 Å². The van der Waals surface area contributed by atoms with Crippen LogP contribution in [0.5, 0.6) is 0 Å². The molecule has 0 spiro atoms. The summed E-state index contributed by atoms with van der Waals surface area (Å²) in [6.45, 7) is 3.49. The molecule has 110 valence electrons. The Labute approximate surface area is 127 Å². The van der Waals surface area contributed by atoms with Gasteiger partial charge in [0.1, 0.15) is 5.82 Å². The van der Waals surface area contributed by atoms with Crippen molar-refractivity contribution in [2.45, 2.75) is 24.8 Å². The van der Waals surface area contributed by atoms with Gasteiger partial charge in [-0.25, -0.2) is 12.8 Å². The Hall–Kier alpha value is -0.210. The number of hydrogen-bond acceptors (Lipinski definition) is 3. The third-order valence-electron chi connectivity index (χ3n) is 2.84. The average Bonchev–Trinajstić information content (AvgIpc) is 2.31. The van der Waals surface area contributed by atoms with Gasteiger partial charge in [0, 0.05) is 19.6 Å². The molecule has 4 nitrogen and oxygen atoms in total. The topological polar surface area (TPSA) is 63.4 Å². The minimum absolute atomic E-state index is 0. The summed E-state index contributed by atoms with van der Waals surface area (Å²) < 4.78 is 39.3. The number of halogens is 3.